The lowest BCUT2D eigenvalue weighted by Gasteiger charge is -2.38. The Bertz CT molecular complexity index is 947. The van der Waals surface area contributed by atoms with Crippen LogP contribution in [0.5, 0.6) is 0 Å². The van der Waals surface area contributed by atoms with Gasteiger partial charge in [0.1, 0.15) is 0 Å². The van der Waals surface area contributed by atoms with E-state index in [2.05, 4.69) is 77.4 Å². The predicted octanol–water partition coefficient (Wildman–Crippen LogP) is 4.19. The van der Waals surface area contributed by atoms with Crippen LogP contribution in [0.2, 0.25) is 0 Å². The Balaban J connectivity index is 1.84. The highest BCUT2D eigenvalue weighted by molar-refractivity contribution is 5.79. The summed E-state index contributed by atoms with van der Waals surface area (Å²) in [4.78, 5) is 7.04. The Morgan fingerprint density at radius 1 is 1.25 bits per heavy atom. The van der Waals surface area contributed by atoms with E-state index in [9.17, 15) is 0 Å². The topological polar surface area (TPSA) is 59.7 Å². The summed E-state index contributed by atoms with van der Waals surface area (Å²) in [5.41, 5.74) is 2.12. The first-order valence-electron chi connectivity index (χ1n) is 10.4. The minimum Gasteiger partial charge on any atom is -0.289 e. The van der Waals surface area contributed by atoms with Gasteiger partial charge >= 0.3 is 0 Å². The summed E-state index contributed by atoms with van der Waals surface area (Å²) in [7, 11) is 0. The molecular formula is C22H30N6. The highest BCUT2D eigenvalue weighted by atomic mass is 15.6. The number of benzene rings is 1. The number of nitrogens with zero attached hydrogens (tertiary/aromatic N) is 6. The summed E-state index contributed by atoms with van der Waals surface area (Å²) in [6, 6.07) is 10.7. The number of rotatable bonds is 5. The van der Waals surface area contributed by atoms with E-state index >= 15 is 0 Å². The Hall–Kier alpha value is -2.34. The molecule has 1 aliphatic heterocycles. The summed E-state index contributed by atoms with van der Waals surface area (Å²) in [5, 5.41) is 14.2. The van der Waals surface area contributed by atoms with Crippen LogP contribution in [-0.4, -0.2) is 43.2 Å². The van der Waals surface area contributed by atoms with Crippen molar-refractivity contribution in [2.24, 2.45) is 5.92 Å². The highest BCUT2D eigenvalue weighted by Gasteiger charge is 2.34. The van der Waals surface area contributed by atoms with Gasteiger partial charge < -0.3 is 0 Å². The van der Waals surface area contributed by atoms with Crippen LogP contribution >= 0.6 is 0 Å². The first kappa shape index (κ1) is 19.0. The predicted molar refractivity (Wildman–Crippen MR) is 111 cm³/mol. The van der Waals surface area contributed by atoms with Gasteiger partial charge in [-0.25, -0.2) is 4.68 Å². The molecule has 4 rings (SSSR count). The van der Waals surface area contributed by atoms with Gasteiger partial charge in [-0.05, 0) is 79.8 Å². The average Bonchev–Trinajstić information content (AvgIpc) is 3.18. The lowest BCUT2D eigenvalue weighted by molar-refractivity contribution is 0.136. The molecule has 0 bridgehead atoms. The van der Waals surface area contributed by atoms with Crippen LogP contribution in [0, 0.1) is 5.92 Å². The van der Waals surface area contributed by atoms with Crippen molar-refractivity contribution in [2.45, 2.75) is 58.5 Å². The van der Waals surface area contributed by atoms with Crippen molar-refractivity contribution in [3.05, 3.63) is 47.9 Å². The maximum atomic E-state index is 4.53. The molecule has 28 heavy (non-hydrogen) atoms. The molecule has 1 saturated heterocycles. The number of aromatic nitrogens is 5. The van der Waals surface area contributed by atoms with Crippen molar-refractivity contribution in [1.82, 2.24) is 30.1 Å². The second kappa shape index (κ2) is 7.59. The van der Waals surface area contributed by atoms with Gasteiger partial charge in [0.15, 0.2) is 5.82 Å². The molecule has 1 aromatic carbocycles. The lowest BCUT2D eigenvalue weighted by Crippen LogP contribution is -2.40. The van der Waals surface area contributed by atoms with Crippen molar-refractivity contribution < 1.29 is 0 Å². The maximum absolute atomic E-state index is 4.53. The van der Waals surface area contributed by atoms with Gasteiger partial charge in [-0.15, -0.1) is 5.10 Å². The van der Waals surface area contributed by atoms with Crippen molar-refractivity contribution in [3.63, 3.8) is 0 Å². The number of tetrazole rings is 1. The molecule has 2 aromatic heterocycles. The molecule has 6 nitrogen and oxygen atoms in total. The largest absolute Gasteiger partial charge is 0.289 e. The van der Waals surface area contributed by atoms with Gasteiger partial charge in [-0.1, -0.05) is 26.0 Å². The Kier molecular flexibility index (Phi) is 5.15. The molecule has 3 aromatic rings. The fourth-order valence-electron chi connectivity index (χ4n) is 4.19. The molecule has 6 heteroatoms. The van der Waals surface area contributed by atoms with Gasteiger partial charge in [0, 0.05) is 18.1 Å². The number of hydrogen-bond acceptors (Lipinski definition) is 5. The number of fused-ring (bicyclic) bond motifs is 1. The van der Waals surface area contributed by atoms with Crippen LogP contribution in [0.15, 0.2) is 36.5 Å². The Morgan fingerprint density at radius 2 is 2.11 bits per heavy atom. The van der Waals surface area contributed by atoms with Crippen LogP contribution in [0.25, 0.3) is 10.9 Å². The molecule has 0 saturated carbocycles. The molecule has 0 amide bonds. The quantitative estimate of drug-likeness (QED) is 0.666. The molecule has 0 N–H and O–H groups in total. The molecule has 3 heterocycles. The van der Waals surface area contributed by atoms with Crippen LogP contribution in [0.4, 0.5) is 0 Å². The number of hydrogen-bond donors (Lipinski definition) is 0. The molecular weight excluding hydrogens is 348 g/mol. The third-order valence-electron chi connectivity index (χ3n) is 6.17. The normalized spacial score (nSPS) is 19.8. The van der Waals surface area contributed by atoms with Gasteiger partial charge in [-0.2, -0.15) is 0 Å². The summed E-state index contributed by atoms with van der Waals surface area (Å²) in [5.74, 6) is 1.62. The molecule has 1 aliphatic rings. The molecule has 0 spiro atoms. The van der Waals surface area contributed by atoms with Crippen LogP contribution in [0.3, 0.4) is 0 Å². The standard InChI is InChI=1S/C22H30N6/c1-5-22(3,4)28-21(24-25-26-28)20(27-13-7-8-16(2)15-27)18-10-11-19-17(14-18)9-6-12-23-19/h6,9-12,14,16,20H,5,7-8,13,15H2,1-4H3. The van der Waals surface area contributed by atoms with Crippen molar-refractivity contribution in [1.29, 1.82) is 0 Å². The molecule has 148 valence electrons. The van der Waals surface area contributed by atoms with Crippen LogP contribution in [0.1, 0.15) is 64.4 Å². The van der Waals surface area contributed by atoms with E-state index in [4.69, 9.17) is 0 Å². The monoisotopic (exact) mass is 378 g/mol. The summed E-state index contributed by atoms with van der Waals surface area (Å²) in [6.07, 6.45) is 5.31. The third-order valence-corrected chi connectivity index (χ3v) is 6.17. The van der Waals surface area contributed by atoms with E-state index in [-0.39, 0.29) is 11.6 Å². The van der Waals surface area contributed by atoms with Crippen molar-refractivity contribution in [3.8, 4) is 0 Å². The highest BCUT2D eigenvalue weighted by Crippen LogP contribution is 2.34. The van der Waals surface area contributed by atoms with Gasteiger partial charge in [0.05, 0.1) is 17.1 Å². The maximum Gasteiger partial charge on any atom is 0.173 e. The minimum atomic E-state index is -0.128. The fourth-order valence-corrected chi connectivity index (χ4v) is 4.19. The van der Waals surface area contributed by atoms with Crippen molar-refractivity contribution >= 4 is 10.9 Å². The molecule has 2 unspecified atom stereocenters. The second-order valence-electron chi connectivity index (χ2n) is 8.72. The van der Waals surface area contributed by atoms with Gasteiger partial charge in [-0.3, -0.25) is 9.88 Å². The van der Waals surface area contributed by atoms with Crippen LogP contribution in [-0.2, 0) is 5.54 Å². The first-order valence-corrected chi connectivity index (χ1v) is 10.4. The SMILES string of the molecule is CCC(C)(C)n1nnnc1C(c1ccc2ncccc2c1)N1CCCC(C)C1. The summed E-state index contributed by atoms with van der Waals surface area (Å²) >= 11 is 0. The lowest BCUT2D eigenvalue weighted by atomic mass is 9.94. The van der Waals surface area contributed by atoms with E-state index in [0.29, 0.717) is 5.92 Å². The number of piperidine rings is 1. The zero-order valence-electron chi connectivity index (χ0n) is 17.3. The average molecular weight is 379 g/mol. The zero-order valence-corrected chi connectivity index (χ0v) is 17.3. The number of pyridine rings is 1. The van der Waals surface area contributed by atoms with Gasteiger partial charge in [0.2, 0.25) is 0 Å². The molecule has 2 atom stereocenters. The fraction of sp³-hybridized carbons (Fsp3) is 0.545. The van der Waals surface area contributed by atoms with E-state index in [0.717, 1.165) is 36.2 Å². The van der Waals surface area contributed by atoms with Crippen LogP contribution < -0.4 is 0 Å². The molecule has 0 aliphatic carbocycles. The van der Waals surface area contributed by atoms with Gasteiger partial charge in [0.25, 0.3) is 0 Å². The molecule has 0 radical (unpaired) electrons. The van der Waals surface area contributed by atoms with E-state index in [1.54, 1.807) is 0 Å². The Morgan fingerprint density at radius 3 is 2.89 bits per heavy atom. The Labute approximate surface area is 167 Å². The van der Waals surface area contributed by atoms with E-state index < -0.39 is 0 Å². The molecule has 1 fully saturated rings. The number of likely N-dealkylation sites (tertiary alicyclic amines) is 1. The minimum absolute atomic E-state index is 0.0492. The third kappa shape index (κ3) is 3.53. The van der Waals surface area contributed by atoms with E-state index in [1.807, 2.05) is 16.9 Å². The smallest absolute Gasteiger partial charge is 0.173 e. The zero-order chi connectivity index (χ0) is 19.7. The summed E-state index contributed by atoms with van der Waals surface area (Å²) in [6.45, 7) is 11.1. The van der Waals surface area contributed by atoms with Crippen molar-refractivity contribution in [2.75, 3.05) is 13.1 Å². The van der Waals surface area contributed by atoms with E-state index in [1.165, 1.54) is 18.4 Å². The second-order valence-corrected chi connectivity index (χ2v) is 8.72. The summed E-state index contributed by atoms with van der Waals surface area (Å²) < 4.78 is 2.03. The first-order chi connectivity index (χ1) is 13.5.